The molecule has 3 aromatic heterocycles. The highest BCUT2D eigenvalue weighted by Crippen LogP contribution is 2.32. The molecule has 0 spiro atoms. The van der Waals surface area contributed by atoms with Gasteiger partial charge in [0.15, 0.2) is 0 Å². The number of rotatable bonds is 4. The lowest BCUT2D eigenvalue weighted by Gasteiger charge is -2.24. The third-order valence-corrected chi connectivity index (χ3v) is 4.53. The van der Waals surface area contributed by atoms with Crippen molar-refractivity contribution in [2.24, 2.45) is 0 Å². The summed E-state index contributed by atoms with van der Waals surface area (Å²) in [6, 6.07) is 3.56. The fourth-order valence-corrected chi connectivity index (χ4v) is 3.21. The van der Waals surface area contributed by atoms with E-state index in [2.05, 4.69) is 25.3 Å². The third-order valence-electron chi connectivity index (χ3n) is 4.53. The van der Waals surface area contributed by atoms with Crippen molar-refractivity contribution in [2.45, 2.75) is 18.9 Å². The summed E-state index contributed by atoms with van der Waals surface area (Å²) in [5.74, 6) is 1.40. The Morgan fingerprint density at radius 3 is 2.88 bits per heavy atom. The van der Waals surface area contributed by atoms with Gasteiger partial charge in [-0.05, 0) is 25.0 Å². The maximum Gasteiger partial charge on any atom is 0.255 e. The first-order valence-electron chi connectivity index (χ1n) is 8.51. The van der Waals surface area contributed by atoms with Crippen molar-refractivity contribution >= 4 is 11.7 Å². The largest absolute Gasteiger partial charge is 0.372 e. The average molecular weight is 349 g/mol. The maximum absolute atomic E-state index is 13.0. The van der Waals surface area contributed by atoms with Gasteiger partial charge in [-0.2, -0.15) is 0 Å². The van der Waals surface area contributed by atoms with Crippen LogP contribution in [0, 0.1) is 0 Å². The second-order valence-electron chi connectivity index (χ2n) is 6.11. The van der Waals surface area contributed by atoms with E-state index >= 15 is 0 Å². The van der Waals surface area contributed by atoms with Crippen molar-refractivity contribution in [1.29, 1.82) is 0 Å². The lowest BCUT2D eigenvalue weighted by molar-refractivity contribution is 0.0732. The number of hydrogen-bond donors (Lipinski definition) is 1. The molecule has 1 amide bonds. The second-order valence-corrected chi connectivity index (χ2v) is 6.11. The van der Waals surface area contributed by atoms with Crippen LogP contribution in [0.2, 0.25) is 0 Å². The van der Waals surface area contributed by atoms with Crippen LogP contribution in [0.1, 0.15) is 34.9 Å². The van der Waals surface area contributed by atoms with Crippen molar-refractivity contribution in [2.75, 3.05) is 18.9 Å². The van der Waals surface area contributed by atoms with Crippen molar-refractivity contribution in [3.63, 3.8) is 0 Å². The Balaban J connectivity index is 1.56. The molecule has 1 saturated heterocycles. The molecule has 1 atom stereocenters. The molecule has 0 aliphatic carbocycles. The van der Waals surface area contributed by atoms with E-state index in [1.807, 2.05) is 17.2 Å². The van der Waals surface area contributed by atoms with Gasteiger partial charge in [-0.3, -0.25) is 14.3 Å². The number of pyridine rings is 1. The van der Waals surface area contributed by atoms with Crippen LogP contribution in [0.25, 0.3) is 5.82 Å². The van der Waals surface area contributed by atoms with Crippen LogP contribution in [0.15, 0.2) is 49.4 Å². The van der Waals surface area contributed by atoms with Gasteiger partial charge in [0.25, 0.3) is 5.91 Å². The van der Waals surface area contributed by atoms with E-state index in [1.165, 1.54) is 0 Å². The highest BCUT2D eigenvalue weighted by atomic mass is 16.2. The first-order chi connectivity index (χ1) is 12.8. The molecule has 1 unspecified atom stereocenters. The Morgan fingerprint density at radius 2 is 2.15 bits per heavy atom. The summed E-state index contributed by atoms with van der Waals surface area (Å²) < 4.78 is 1.80. The number of aromatic nitrogens is 5. The molecule has 0 radical (unpaired) electrons. The number of nitrogens with zero attached hydrogens (tertiary/aromatic N) is 6. The number of amides is 1. The standard InChI is InChI=1S/C18H19N7O/c1-19-16-11-21-10-14(23-16)15-3-2-7-25(15)18(26)13-4-5-17(22-9-13)24-8-6-20-12-24/h4-6,8-12,15H,2-3,7H2,1H3,(H,19,23). The molecule has 0 aromatic carbocycles. The molecule has 8 nitrogen and oxygen atoms in total. The molecule has 4 heterocycles. The molecular formula is C18H19N7O. The van der Waals surface area contributed by atoms with Gasteiger partial charge in [-0.15, -0.1) is 0 Å². The molecule has 1 N–H and O–H groups in total. The smallest absolute Gasteiger partial charge is 0.255 e. The zero-order valence-electron chi connectivity index (χ0n) is 14.4. The van der Waals surface area contributed by atoms with Gasteiger partial charge >= 0.3 is 0 Å². The average Bonchev–Trinajstić information content (AvgIpc) is 3.39. The predicted molar refractivity (Wildman–Crippen MR) is 95.9 cm³/mol. The molecule has 8 heteroatoms. The van der Waals surface area contributed by atoms with E-state index in [9.17, 15) is 4.79 Å². The first-order valence-corrected chi connectivity index (χ1v) is 8.51. The normalized spacial score (nSPS) is 16.7. The first kappa shape index (κ1) is 16.2. The van der Waals surface area contributed by atoms with Gasteiger partial charge in [-0.25, -0.2) is 15.0 Å². The fourth-order valence-electron chi connectivity index (χ4n) is 3.21. The summed E-state index contributed by atoms with van der Waals surface area (Å²) in [5, 5.41) is 2.99. The van der Waals surface area contributed by atoms with Gasteiger partial charge in [-0.1, -0.05) is 0 Å². The molecule has 3 aromatic rings. The van der Waals surface area contributed by atoms with Crippen LogP contribution in [0.4, 0.5) is 5.82 Å². The SMILES string of the molecule is CNc1cncc(C2CCCN2C(=O)c2ccc(-n3ccnc3)nc2)n1. The Hall–Kier alpha value is -3.29. The van der Waals surface area contributed by atoms with E-state index < -0.39 is 0 Å². The van der Waals surface area contributed by atoms with E-state index in [1.54, 1.807) is 48.8 Å². The molecule has 1 fully saturated rings. The molecular weight excluding hydrogens is 330 g/mol. The summed E-state index contributed by atoms with van der Waals surface area (Å²) in [7, 11) is 1.80. The monoisotopic (exact) mass is 349 g/mol. The van der Waals surface area contributed by atoms with Crippen molar-refractivity contribution in [3.05, 3.63) is 60.7 Å². The Morgan fingerprint density at radius 1 is 1.23 bits per heavy atom. The lowest BCUT2D eigenvalue weighted by Crippen LogP contribution is -2.31. The summed E-state index contributed by atoms with van der Waals surface area (Å²) in [6.07, 6.45) is 12.0. The molecule has 1 aliphatic rings. The van der Waals surface area contributed by atoms with Crippen molar-refractivity contribution in [3.8, 4) is 5.82 Å². The molecule has 0 saturated carbocycles. The number of carbonyl (C=O) groups excluding carboxylic acids is 1. The van der Waals surface area contributed by atoms with Gasteiger partial charge in [0.1, 0.15) is 18.0 Å². The molecule has 4 rings (SSSR count). The second kappa shape index (κ2) is 6.91. The summed E-state index contributed by atoms with van der Waals surface area (Å²) >= 11 is 0. The highest BCUT2D eigenvalue weighted by Gasteiger charge is 2.32. The Bertz CT molecular complexity index is 892. The summed E-state index contributed by atoms with van der Waals surface area (Å²) in [5.41, 5.74) is 1.38. The van der Waals surface area contributed by atoms with Crippen LogP contribution in [0.5, 0.6) is 0 Å². The van der Waals surface area contributed by atoms with Gasteiger partial charge in [0.2, 0.25) is 0 Å². The van der Waals surface area contributed by atoms with Gasteiger partial charge in [0.05, 0.1) is 29.7 Å². The van der Waals surface area contributed by atoms with Gasteiger partial charge < -0.3 is 10.2 Å². The minimum atomic E-state index is -0.0587. The number of likely N-dealkylation sites (tertiary alicyclic amines) is 1. The summed E-state index contributed by atoms with van der Waals surface area (Å²) in [6.45, 7) is 0.707. The fraction of sp³-hybridized carbons (Fsp3) is 0.278. The zero-order valence-corrected chi connectivity index (χ0v) is 14.4. The third kappa shape index (κ3) is 3.01. The number of anilines is 1. The minimum Gasteiger partial charge on any atom is -0.372 e. The molecule has 26 heavy (non-hydrogen) atoms. The van der Waals surface area contributed by atoms with Crippen LogP contribution < -0.4 is 5.32 Å². The van der Waals surface area contributed by atoms with E-state index in [-0.39, 0.29) is 11.9 Å². The Labute approximate surface area is 150 Å². The predicted octanol–water partition coefficient (Wildman–Crippen LogP) is 2.08. The number of nitrogens with one attached hydrogen (secondary N) is 1. The molecule has 1 aliphatic heterocycles. The van der Waals surface area contributed by atoms with Crippen molar-refractivity contribution < 1.29 is 4.79 Å². The number of hydrogen-bond acceptors (Lipinski definition) is 6. The quantitative estimate of drug-likeness (QED) is 0.776. The van der Waals surface area contributed by atoms with Crippen LogP contribution in [-0.4, -0.2) is 48.9 Å². The number of imidazole rings is 1. The Kier molecular flexibility index (Phi) is 4.30. The van der Waals surface area contributed by atoms with E-state index in [0.29, 0.717) is 17.9 Å². The zero-order chi connectivity index (χ0) is 17.9. The topological polar surface area (TPSA) is 88.8 Å². The molecule has 0 bridgehead atoms. The van der Waals surface area contributed by atoms with Crippen LogP contribution in [-0.2, 0) is 0 Å². The number of carbonyl (C=O) groups is 1. The van der Waals surface area contributed by atoms with Crippen molar-refractivity contribution in [1.82, 2.24) is 29.4 Å². The summed E-state index contributed by atoms with van der Waals surface area (Å²) in [4.78, 5) is 32.0. The highest BCUT2D eigenvalue weighted by molar-refractivity contribution is 5.94. The minimum absolute atomic E-state index is 0.0335. The van der Waals surface area contributed by atoms with Crippen LogP contribution in [0.3, 0.4) is 0 Å². The van der Waals surface area contributed by atoms with E-state index in [0.717, 1.165) is 24.4 Å². The molecule has 132 valence electrons. The van der Waals surface area contributed by atoms with E-state index in [4.69, 9.17) is 0 Å². The lowest BCUT2D eigenvalue weighted by atomic mass is 10.1. The maximum atomic E-state index is 13.0. The van der Waals surface area contributed by atoms with Crippen LogP contribution >= 0.6 is 0 Å². The van der Waals surface area contributed by atoms with Gasteiger partial charge in [0, 0.05) is 32.2 Å².